The molecule has 1 fully saturated rings. The van der Waals surface area contributed by atoms with Gasteiger partial charge >= 0.3 is 11.9 Å². The number of halogens is 1. The summed E-state index contributed by atoms with van der Waals surface area (Å²) in [5, 5.41) is 11.3. The van der Waals surface area contributed by atoms with Crippen molar-refractivity contribution in [2.24, 2.45) is 0 Å². The van der Waals surface area contributed by atoms with E-state index in [1.165, 1.54) is 24.3 Å². The van der Waals surface area contributed by atoms with Crippen LogP contribution in [0.15, 0.2) is 66.8 Å². The van der Waals surface area contributed by atoms with Crippen LogP contribution in [0.2, 0.25) is 0 Å². The van der Waals surface area contributed by atoms with Gasteiger partial charge in [0, 0.05) is 5.56 Å². The highest BCUT2D eigenvalue weighted by Gasteiger charge is 2.48. The number of anilines is 1. The Bertz CT molecular complexity index is 1400. The summed E-state index contributed by atoms with van der Waals surface area (Å²) < 4.78 is 24.2. The average molecular weight is 523 g/mol. The molecule has 3 aromatic rings. The lowest BCUT2D eigenvalue weighted by Gasteiger charge is -2.23. The lowest BCUT2D eigenvalue weighted by atomic mass is 9.95. The summed E-state index contributed by atoms with van der Waals surface area (Å²) in [7, 11) is 0. The highest BCUT2D eigenvalue weighted by Crippen LogP contribution is 2.44. The molecule has 0 saturated carbocycles. The van der Waals surface area contributed by atoms with Gasteiger partial charge in [-0.3, -0.25) is 14.5 Å². The van der Waals surface area contributed by atoms with Gasteiger partial charge in [0.2, 0.25) is 0 Å². The zero-order valence-electron chi connectivity index (χ0n) is 20.1. The van der Waals surface area contributed by atoms with E-state index in [0.29, 0.717) is 23.6 Å². The number of aliphatic hydroxyl groups is 1. The number of carbonyl (C=O) groups excluding carboxylic acids is 3. The third-order valence-corrected chi connectivity index (χ3v) is 6.71. The molecule has 4 rings (SSSR count). The minimum Gasteiger partial charge on any atom is -0.507 e. The van der Waals surface area contributed by atoms with Crippen molar-refractivity contribution in [1.82, 2.24) is 4.98 Å². The molecule has 0 radical (unpaired) electrons. The number of nitrogens with zero attached hydrogens (tertiary/aromatic N) is 2. The van der Waals surface area contributed by atoms with Crippen molar-refractivity contribution in [3.63, 3.8) is 0 Å². The van der Waals surface area contributed by atoms with E-state index in [4.69, 9.17) is 9.47 Å². The number of thiazole rings is 1. The molecule has 8 nitrogen and oxygen atoms in total. The molecular weight excluding hydrogens is 499 g/mol. The summed E-state index contributed by atoms with van der Waals surface area (Å²) in [5.74, 6) is -2.88. The molecule has 1 N–H and O–H groups in total. The SMILES string of the molecule is C=CCOc1ccc(/C(O)=C2\C(=O)C(=O)N(c3nc(C)c(C(=O)OCC)s3)[C@@H]2c2ccc(F)cc2)cc1. The number of ether oxygens (including phenoxy) is 2. The molecule has 1 amide bonds. The maximum absolute atomic E-state index is 13.7. The number of Topliss-reactive ketones (excluding diaryl/α,β-unsaturated/α-hetero) is 1. The largest absolute Gasteiger partial charge is 0.507 e. The Balaban J connectivity index is 1.84. The molecule has 1 aliphatic rings. The van der Waals surface area contributed by atoms with Gasteiger partial charge in [0.05, 0.1) is 23.9 Å². The number of carbonyl (C=O) groups is 3. The van der Waals surface area contributed by atoms with Crippen LogP contribution in [0.5, 0.6) is 5.75 Å². The molecule has 0 spiro atoms. The van der Waals surface area contributed by atoms with Gasteiger partial charge < -0.3 is 14.6 Å². The first-order chi connectivity index (χ1) is 17.8. The van der Waals surface area contributed by atoms with Gasteiger partial charge in [-0.15, -0.1) is 0 Å². The van der Waals surface area contributed by atoms with Gasteiger partial charge in [-0.05, 0) is 55.8 Å². The Morgan fingerprint density at radius 3 is 2.49 bits per heavy atom. The van der Waals surface area contributed by atoms with Gasteiger partial charge in [0.1, 0.15) is 28.8 Å². The van der Waals surface area contributed by atoms with Gasteiger partial charge in [-0.1, -0.05) is 36.1 Å². The summed E-state index contributed by atoms with van der Waals surface area (Å²) in [5.41, 5.74) is 0.785. The first kappa shape index (κ1) is 25.8. The van der Waals surface area contributed by atoms with E-state index in [0.717, 1.165) is 16.2 Å². The predicted molar refractivity (Wildman–Crippen MR) is 136 cm³/mol. The summed E-state index contributed by atoms with van der Waals surface area (Å²) in [6.45, 7) is 7.30. The fraction of sp³-hybridized carbons (Fsp3) is 0.185. The number of amides is 1. The van der Waals surface area contributed by atoms with Crippen LogP contribution in [0, 0.1) is 12.7 Å². The van der Waals surface area contributed by atoms with Crippen LogP contribution >= 0.6 is 11.3 Å². The summed E-state index contributed by atoms with van der Waals surface area (Å²) in [6, 6.07) is 10.4. The molecule has 0 bridgehead atoms. The smallest absolute Gasteiger partial charge is 0.350 e. The molecule has 190 valence electrons. The van der Waals surface area contributed by atoms with Crippen molar-refractivity contribution in [1.29, 1.82) is 0 Å². The predicted octanol–water partition coefficient (Wildman–Crippen LogP) is 4.96. The number of hydrogen-bond acceptors (Lipinski definition) is 8. The van der Waals surface area contributed by atoms with Gasteiger partial charge in [0.25, 0.3) is 5.78 Å². The number of ketones is 1. The normalized spacial score (nSPS) is 16.6. The van der Waals surface area contributed by atoms with Crippen molar-refractivity contribution >= 4 is 39.9 Å². The first-order valence-corrected chi connectivity index (χ1v) is 12.1. The third-order valence-electron chi connectivity index (χ3n) is 5.58. The van der Waals surface area contributed by atoms with E-state index >= 15 is 0 Å². The zero-order valence-corrected chi connectivity index (χ0v) is 20.9. The van der Waals surface area contributed by atoms with Crippen molar-refractivity contribution in [2.45, 2.75) is 19.9 Å². The standard InChI is InChI=1S/C27H23FN2O6S/c1-4-14-36-19-12-8-17(9-13-19)22(31)20-21(16-6-10-18(28)11-7-16)30(25(33)23(20)32)27-29-15(3)24(37-27)26(34)35-5-2/h4,6-13,21,31H,1,5,14H2,2-3H3/b22-20+/t21-/m1/s1. The molecule has 1 aromatic heterocycles. The molecule has 37 heavy (non-hydrogen) atoms. The molecule has 1 saturated heterocycles. The van der Waals surface area contributed by atoms with Crippen molar-refractivity contribution in [3.05, 3.63) is 94.3 Å². The molecule has 1 atom stereocenters. The Morgan fingerprint density at radius 1 is 1.19 bits per heavy atom. The maximum Gasteiger partial charge on any atom is 0.350 e. The van der Waals surface area contributed by atoms with Crippen LogP contribution in [0.25, 0.3) is 5.76 Å². The monoisotopic (exact) mass is 522 g/mol. The molecule has 1 aliphatic heterocycles. The maximum atomic E-state index is 13.7. The quantitative estimate of drug-likeness (QED) is 0.147. The average Bonchev–Trinajstić information content (AvgIpc) is 3.40. The van der Waals surface area contributed by atoms with Crippen LogP contribution in [-0.4, -0.2) is 41.0 Å². The molecule has 2 heterocycles. The van der Waals surface area contributed by atoms with E-state index in [-0.39, 0.29) is 27.8 Å². The molecule has 0 aliphatic carbocycles. The van der Waals surface area contributed by atoms with Crippen LogP contribution in [0.3, 0.4) is 0 Å². The second-order valence-electron chi connectivity index (χ2n) is 7.98. The number of aromatic nitrogens is 1. The molecule has 10 heteroatoms. The van der Waals surface area contributed by atoms with Gasteiger partial charge in [0.15, 0.2) is 5.13 Å². The van der Waals surface area contributed by atoms with Crippen LogP contribution in [0.1, 0.15) is 39.5 Å². The number of aliphatic hydroxyl groups excluding tert-OH is 1. The second kappa shape index (κ2) is 10.8. The van der Waals surface area contributed by atoms with Crippen molar-refractivity contribution in [3.8, 4) is 5.75 Å². The molecule has 2 aromatic carbocycles. The fourth-order valence-electron chi connectivity index (χ4n) is 3.88. The van der Waals surface area contributed by atoms with Crippen molar-refractivity contribution < 1.29 is 33.4 Å². The fourth-order valence-corrected chi connectivity index (χ4v) is 4.87. The highest BCUT2D eigenvalue weighted by molar-refractivity contribution is 7.17. The number of benzene rings is 2. The topological polar surface area (TPSA) is 106 Å². The van der Waals surface area contributed by atoms with E-state index in [1.807, 2.05) is 0 Å². The van der Waals surface area contributed by atoms with Gasteiger partial charge in [-0.2, -0.15) is 0 Å². The molecular formula is C27H23FN2O6S. The van der Waals surface area contributed by atoms with E-state index in [1.54, 1.807) is 44.2 Å². The Kier molecular flexibility index (Phi) is 7.49. The van der Waals surface area contributed by atoms with E-state index in [9.17, 15) is 23.9 Å². The highest BCUT2D eigenvalue weighted by atomic mass is 32.1. The Labute approximate surface area is 216 Å². The first-order valence-electron chi connectivity index (χ1n) is 11.3. The lowest BCUT2D eigenvalue weighted by molar-refractivity contribution is -0.132. The number of hydrogen-bond donors (Lipinski definition) is 1. The van der Waals surface area contributed by atoms with Gasteiger partial charge in [-0.25, -0.2) is 14.2 Å². The Morgan fingerprint density at radius 2 is 1.86 bits per heavy atom. The third kappa shape index (κ3) is 5.01. The number of aryl methyl sites for hydroxylation is 1. The minimum atomic E-state index is -1.11. The van der Waals surface area contributed by atoms with Crippen LogP contribution in [0.4, 0.5) is 9.52 Å². The second-order valence-corrected chi connectivity index (χ2v) is 8.95. The Hall–Kier alpha value is -4.31. The van der Waals surface area contributed by atoms with E-state index in [2.05, 4.69) is 11.6 Å². The number of rotatable bonds is 8. The minimum absolute atomic E-state index is 0.0733. The molecule has 0 unspecified atom stereocenters. The summed E-state index contributed by atoms with van der Waals surface area (Å²) in [6.07, 6.45) is 1.59. The van der Waals surface area contributed by atoms with Crippen molar-refractivity contribution in [2.75, 3.05) is 18.1 Å². The lowest BCUT2D eigenvalue weighted by Crippen LogP contribution is -2.29. The summed E-state index contributed by atoms with van der Waals surface area (Å²) in [4.78, 5) is 44.5. The zero-order chi connectivity index (χ0) is 26.7. The van der Waals surface area contributed by atoms with Crippen LogP contribution in [-0.2, 0) is 14.3 Å². The number of esters is 1. The van der Waals surface area contributed by atoms with E-state index < -0.39 is 35.3 Å². The summed E-state index contributed by atoms with van der Waals surface area (Å²) >= 11 is 0.896. The van der Waals surface area contributed by atoms with Crippen LogP contribution < -0.4 is 9.64 Å².